The van der Waals surface area contributed by atoms with Gasteiger partial charge in [0.25, 0.3) is 0 Å². The first kappa shape index (κ1) is 23.1. The van der Waals surface area contributed by atoms with Crippen molar-refractivity contribution in [2.75, 3.05) is 55.9 Å². The zero-order valence-corrected chi connectivity index (χ0v) is 18.8. The maximum Gasteiger partial charge on any atom is 0.335 e. The summed E-state index contributed by atoms with van der Waals surface area (Å²) in [5, 5.41) is 9.06. The lowest BCUT2D eigenvalue weighted by molar-refractivity contribution is 0.0697. The van der Waals surface area contributed by atoms with Crippen LogP contribution in [0.4, 0.5) is 17.2 Å². The van der Waals surface area contributed by atoms with E-state index in [1.807, 2.05) is 68.4 Å². The minimum absolute atomic E-state index is 0.317. The molecule has 2 heterocycles. The highest BCUT2D eigenvalue weighted by molar-refractivity contribution is 5.90. The number of morpholine rings is 1. The lowest BCUT2D eigenvalue weighted by atomic mass is 9.98. The van der Waals surface area contributed by atoms with E-state index >= 15 is 0 Å². The molecule has 1 aliphatic rings. The number of anilines is 3. The SMILES string of the molecule is Cc1ccc(C(=O)O)cc1-c1ccc(N(C)C)cc1.Nc1ccc(N2CCOCC2)nc1. The van der Waals surface area contributed by atoms with Crippen molar-refractivity contribution in [2.45, 2.75) is 6.92 Å². The van der Waals surface area contributed by atoms with Gasteiger partial charge < -0.3 is 25.4 Å². The van der Waals surface area contributed by atoms with Crippen molar-refractivity contribution in [3.05, 3.63) is 71.9 Å². The molecule has 0 bridgehead atoms. The van der Waals surface area contributed by atoms with Crippen LogP contribution in [0.2, 0.25) is 0 Å². The molecule has 0 radical (unpaired) electrons. The Hall–Kier alpha value is -3.58. The number of carboxylic acids is 1. The molecule has 168 valence electrons. The molecule has 1 saturated heterocycles. The molecule has 0 unspecified atom stereocenters. The van der Waals surface area contributed by atoms with E-state index in [1.165, 1.54) is 0 Å². The van der Waals surface area contributed by atoms with E-state index < -0.39 is 5.97 Å². The molecule has 1 fully saturated rings. The number of hydrogen-bond acceptors (Lipinski definition) is 6. The molecular weight excluding hydrogens is 404 g/mol. The molecular formula is C25H30N4O3. The third kappa shape index (κ3) is 5.98. The van der Waals surface area contributed by atoms with Gasteiger partial charge in [-0.2, -0.15) is 0 Å². The van der Waals surface area contributed by atoms with Gasteiger partial charge in [-0.05, 0) is 60.0 Å². The molecule has 0 atom stereocenters. The van der Waals surface area contributed by atoms with Crippen LogP contribution in [0.3, 0.4) is 0 Å². The summed E-state index contributed by atoms with van der Waals surface area (Å²) in [7, 11) is 3.98. The predicted molar refractivity (Wildman–Crippen MR) is 130 cm³/mol. The highest BCUT2D eigenvalue weighted by Gasteiger charge is 2.11. The number of carboxylic acid groups (broad SMARTS) is 1. The summed E-state index contributed by atoms with van der Waals surface area (Å²) in [4.78, 5) is 19.5. The second-order valence-corrected chi connectivity index (χ2v) is 7.83. The molecule has 32 heavy (non-hydrogen) atoms. The summed E-state index contributed by atoms with van der Waals surface area (Å²) in [6.45, 7) is 5.38. The Morgan fingerprint density at radius 1 is 1.06 bits per heavy atom. The summed E-state index contributed by atoms with van der Waals surface area (Å²) in [5.74, 6) is 0.0867. The summed E-state index contributed by atoms with van der Waals surface area (Å²) in [6, 6.07) is 17.1. The van der Waals surface area contributed by atoms with Crippen LogP contribution in [0.5, 0.6) is 0 Å². The number of aromatic nitrogens is 1. The lowest BCUT2D eigenvalue weighted by Crippen LogP contribution is -2.36. The first-order chi connectivity index (χ1) is 15.3. The number of nitrogens with two attached hydrogens (primary N) is 1. The number of ether oxygens (including phenoxy) is 1. The molecule has 0 aliphatic carbocycles. The van der Waals surface area contributed by atoms with Gasteiger partial charge in [-0.15, -0.1) is 0 Å². The quantitative estimate of drug-likeness (QED) is 0.643. The predicted octanol–water partition coefficient (Wildman–Crippen LogP) is 3.93. The zero-order chi connectivity index (χ0) is 23.1. The van der Waals surface area contributed by atoms with Crippen LogP contribution in [-0.4, -0.2) is 56.5 Å². The molecule has 3 aromatic rings. The first-order valence-corrected chi connectivity index (χ1v) is 10.5. The van der Waals surface area contributed by atoms with Crippen molar-refractivity contribution in [3.8, 4) is 11.1 Å². The molecule has 3 N–H and O–H groups in total. The van der Waals surface area contributed by atoms with Crippen molar-refractivity contribution >= 4 is 23.2 Å². The van der Waals surface area contributed by atoms with Gasteiger partial charge in [-0.3, -0.25) is 0 Å². The molecule has 1 aromatic heterocycles. The molecule has 0 saturated carbocycles. The number of aryl methyl sites for hydroxylation is 1. The molecule has 7 nitrogen and oxygen atoms in total. The third-order valence-corrected chi connectivity index (χ3v) is 5.29. The Balaban J connectivity index is 0.000000193. The Bertz CT molecular complexity index is 1030. The van der Waals surface area contributed by atoms with Crippen LogP contribution in [-0.2, 0) is 4.74 Å². The maximum absolute atomic E-state index is 11.0. The van der Waals surface area contributed by atoms with E-state index in [1.54, 1.807) is 18.3 Å². The summed E-state index contributed by atoms with van der Waals surface area (Å²) in [6.07, 6.45) is 1.69. The van der Waals surface area contributed by atoms with Crippen LogP contribution >= 0.6 is 0 Å². The molecule has 0 spiro atoms. The van der Waals surface area contributed by atoms with E-state index in [2.05, 4.69) is 9.88 Å². The number of aromatic carboxylic acids is 1. The Kier molecular flexibility index (Phi) is 7.68. The highest BCUT2D eigenvalue weighted by Crippen LogP contribution is 2.26. The van der Waals surface area contributed by atoms with Crippen molar-refractivity contribution in [2.24, 2.45) is 0 Å². The van der Waals surface area contributed by atoms with Gasteiger partial charge in [0, 0.05) is 32.9 Å². The second kappa shape index (κ2) is 10.6. The smallest absolute Gasteiger partial charge is 0.335 e. The third-order valence-electron chi connectivity index (χ3n) is 5.29. The van der Waals surface area contributed by atoms with Crippen molar-refractivity contribution in [1.82, 2.24) is 4.98 Å². The zero-order valence-electron chi connectivity index (χ0n) is 18.8. The largest absolute Gasteiger partial charge is 0.478 e. The average molecular weight is 435 g/mol. The normalized spacial score (nSPS) is 13.2. The van der Waals surface area contributed by atoms with Crippen LogP contribution in [0.15, 0.2) is 60.8 Å². The standard InChI is InChI=1S/C16H17NO2.C9H13N3O/c1-11-4-5-13(16(18)19)10-15(11)12-6-8-14(9-7-12)17(2)3;10-8-1-2-9(11-7-8)12-3-5-13-6-4-12/h4-10H,1-3H3,(H,18,19);1-2,7H,3-6,10H2. The van der Waals surface area contributed by atoms with E-state index in [-0.39, 0.29) is 0 Å². The molecule has 2 aromatic carbocycles. The maximum atomic E-state index is 11.0. The number of nitrogen functional groups attached to an aromatic ring is 1. The highest BCUT2D eigenvalue weighted by atomic mass is 16.5. The Morgan fingerprint density at radius 3 is 2.31 bits per heavy atom. The summed E-state index contributed by atoms with van der Waals surface area (Å²) in [5.41, 5.74) is 10.8. The van der Waals surface area contributed by atoms with Gasteiger partial charge in [-0.25, -0.2) is 9.78 Å². The number of benzene rings is 2. The van der Waals surface area contributed by atoms with E-state index in [4.69, 9.17) is 15.6 Å². The lowest BCUT2D eigenvalue weighted by Gasteiger charge is -2.27. The monoisotopic (exact) mass is 434 g/mol. The topological polar surface area (TPSA) is 91.9 Å². The minimum Gasteiger partial charge on any atom is -0.478 e. The van der Waals surface area contributed by atoms with Crippen LogP contribution < -0.4 is 15.5 Å². The van der Waals surface area contributed by atoms with Crippen molar-refractivity contribution in [3.63, 3.8) is 0 Å². The van der Waals surface area contributed by atoms with Gasteiger partial charge in [0.15, 0.2) is 0 Å². The van der Waals surface area contributed by atoms with Crippen LogP contribution in [0.1, 0.15) is 15.9 Å². The Labute approximate surface area is 189 Å². The number of nitrogens with zero attached hydrogens (tertiary/aromatic N) is 3. The van der Waals surface area contributed by atoms with Gasteiger partial charge in [0.2, 0.25) is 0 Å². The number of pyridine rings is 1. The average Bonchev–Trinajstić information content (AvgIpc) is 2.81. The number of rotatable bonds is 4. The summed E-state index contributed by atoms with van der Waals surface area (Å²) >= 11 is 0. The van der Waals surface area contributed by atoms with Gasteiger partial charge >= 0.3 is 5.97 Å². The van der Waals surface area contributed by atoms with Crippen molar-refractivity contribution in [1.29, 1.82) is 0 Å². The van der Waals surface area contributed by atoms with Gasteiger partial charge in [0.05, 0.1) is 30.7 Å². The fourth-order valence-electron chi connectivity index (χ4n) is 3.38. The molecule has 7 heteroatoms. The molecule has 4 rings (SSSR count). The fourth-order valence-corrected chi connectivity index (χ4v) is 3.38. The van der Waals surface area contributed by atoms with Gasteiger partial charge in [0.1, 0.15) is 5.82 Å². The second-order valence-electron chi connectivity index (χ2n) is 7.83. The first-order valence-electron chi connectivity index (χ1n) is 10.5. The van der Waals surface area contributed by atoms with E-state index in [9.17, 15) is 4.79 Å². The van der Waals surface area contributed by atoms with E-state index in [0.29, 0.717) is 11.3 Å². The minimum atomic E-state index is -0.897. The van der Waals surface area contributed by atoms with Gasteiger partial charge in [-0.1, -0.05) is 18.2 Å². The Morgan fingerprint density at radius 2 is 1.75 bits per heavy atom. The number of carbonyl (C=O) groups is 1. The summed E-state index contributed by atoms with van der Waals surface area (Å²) < 4.78 is 5.25. The van der Waals surface area contributed by atoms with E-state index in [0.717, 1.165) is 54.5 Å². The fraction of sp³-hybridized carbons (Fsp3) is 0.280. The molecule has 1 aliphatic heterocycles. The van der Waals surface area contributed by atoms with Crippen LogP contribution in [0.25, 0.3) is 11.1 Å². The van der Waals surface area contributed by atoms with Crippen LogP contribution in [0, 0.1) is 6.92 Å². The number of hydrogen-bond donors (Lipinski definition) is 2. The molecule has 0 amide bonds. The van der Waals surface area contributed by atoms with Crippen molar-refractivity contribution < 1.29 is 14.6 Å².